The number of halogens is 2. The number of amides is 2. The van der Waals surface area contributed by atoms with E-state index in [9.17, 15) is 9.59 Å². The van der Waals surface area contributed by atoms with Gasteiger partial charge in [0.15, 0.2) is 0 Å². The van der Waals surface area contributed by atoms with Gasteiger partial charge in [0.2, 0.25) is 11.8 Å². The quantitative estimate of drug-likeness (QED) is 0.823. The largest absolute Gasteiger partial charge is 0.348 e. The summed E-state index contributed by atoms with van der Waals surface area (Å²) in [6.07, 6.45) is 0.246. The van der Waals surface area contributed by atoms with Crippen LogP contribution in [0.5, 0.6) is 0 Å². The standard InChI is InChI=1S/C18H18Cl2N2O2/c1-12(14-7-8-15(19)16(20)10-14)22-18(24)11-21-17(23)9-13-5-3-2-4-6-13/h2-8,10,12H,9,11H2,1H3,(H,21,23)(H,22,24). The molecule has 2 aromatic rings. The summed E-state index contributed by atoms with van der Waals surface area (Å²) < 4.78 is 0. The van der Waals surface area contributed by atoms with Gasteiger partial charge >= 0.3 is 0 Å². The lowest BCUT2D eigenvalue weighted by Crippen LogP contribution is -2.38. The van der Waals surface area contributed by atoms with Gasteiger partial charge in [-0.3, -0.25) is 9.59 Å². The Bertz CT molecular complexity index is 720. The molecule has 4 nitrogen and oxygen atoms in total. The van der Waals surface area contributed by atoms with Crippen LogP contribution < -0.4 is 10.6 Å². The van der Waals surface area contributed by atoms with Crippen molar-refractivity contribution in [2.45, 2.75) is 19.4 Å². The van der Waals surface area contributed by atoms with Gasteiger partial charge in [-0.05, 0) is 30.2 Å². The Morgan fingerprint density at radius 2 is 1.71 bits per heavy atom. The zero-order valence-corrected chi connectivity index (χ0v) is 14.7. The summed E-state index contributed by atoms with van der Waals surface area (Å²) in [7, 11) is 0. The first-order chi connectivity index (χ1) is 11.5. The molecule has 2 aromatic carbocycles. The van der Waals surface area contributed by atoms with Gasteiger partial charge in [-0.25, -0.2) is 0 Å². The highest BCUT2D eigenvalue weighted by molar-refractivity contribution is 6.42. The molecule has 126 valence electrons. The van der Waals surface area contributed by atoms with E-state index in [2.05, 4.69) is 10.6 Å². The second kappa shape index (κ2) is 8.71. The minimum Gasteiger partial charge on any atom is -0.348 e. The summed E-state index contributed by atoms with van der Waals surface area (Å²) in [5, 5.41) is 6.32. The van der Waals surface area contributed by atoms with Crippen molar-refractivity contribution in [2.24, 2.45) is 0 Å². The molecular weight excluding hydrogens is 347 g/mol. The van der Waals surface area contributed by atoms with Crippen LogP contribution in [-0.4, -0.2) is 18.4 Å². The van der Waals surface area contributed by atoms with E-state index in [4.69, 9.17) is 23.2 Å². The molecule has 0 bridgehead atoms. The fraction of sp³-hybridized carbons (Fsp3) is 0.222. The minimum atomic E-state index is -0.269. The highest BCUT2D eigenvalue weighted by Crippen LogP contribution is 2.25. The van der Waals surface area contributed by atoms with Gasteiger partial charge < -0.3 is 10.6 Å². The maximum Gasteiger partial charge on any atom is 0.239 e. The Morgan fingerprint density at radius 1 is 1.00 bits per heavy atom. The van der Waals surface area contributed by atoms with Gasteiger partial charge in [-0.1, -0.05) is 59.6 Å². The van der Waals surface area contributed by atoms with Gasteiger partial charge in [0.1, 0.15) is 0 Å². The molecule has 2 rings (SSSR count). The van der Waals surface area contributed by atoms with E-state index in [1.807, 2.05) is 37.3 Å². The lowest BCUT2D eigenvalue weighted by atomic mass is 10.1. The van der Waals surface area contributed by atoms with Crippen LogP contribution in [0.3, 0.4) is 0 Å². The molecule has 0 radical (unpaired) electrons. The summed E-state index contributed by atoms with van der Waals surface area (Å²) in [5.74, 6) is -0.464. The first-order valence-corrected chi connectivity index (χ1v) is 8.26. The Kier molecular flexibility index (Phi) is 6.64. The first kappa shape index (κ1) is 18.3. The fourth-order valence-corrected chi connectivity index (χ4v) is 2.49. The van der Waals surface area contributed by atoms with Crippen LogP contribution in [0, 0.1) is 0 Å². The molecule has 0 spiro atoms. The van der Waals surface area contributed by atoms with Crippen LogP contribution in [-0.2, 0) is 16.0 Å². The van der Waals surface area contributed by atoms with Crippen molar-refractivity contribution in [3.05, 3.63) is 69.7 Å². The summed E-state index contributed by atoms with van der Waals surface area (Å²) in [6.45, 7) is 1.76. The van der Waals surface area contributed by atoms with Gasteiger partial charge in [-0.15, -0.1) is 0 Å². The third-order valence-corrected chi connectivity index (χ3v) is 4.21. The van der Waals surface area contributed by atoms with E-state index in [1.54, 1.807) is 18.2 Å². The van der Waals surface area contributed by atoms with E-state index in [0.717, 1.165) is 11.1 Å². The van der Waals surface area contributed by atoms with Crippen molar-refractivity contribution in [2.75, 3.05) is 6.54 Å². The SMILES string of the molecule is CC(NC(=O)CNC(=O)Cc1ccccc1)c1ccc(Cl)c(Cl)c1. The molecule has 0 aromatic heterocycles. The van der Waals surface area contributed by atoms with Crippen molar-refractivity contribution in [1.82, 2.24) is 10.6 Å². The third-order valence-electron chi connectivity index (χ3n) is 3.47. The number of hydrogen-bond donors (Lipinski definition) is 2. The van der Waals surface area contributed by atoms with E-state index >= 15 is 0 Å². The second-order valence-electron chi connectivity index (χ2n) is 5.40. The lowest BCUT2D eigenvalue weighted by molar-refractivity contribution is -0.126. The summed E-state index contributed by atoms with van der Waals surface area (Å²) in [4.78, 5) is 23.8. The average Bonchev–Trinajstić information content (AvgIpc) is 2.56. The maximum atomic E-state index is 12.0. The maximum absolute atomic E-state index is 12.0. The highest BCUT2D eigenvalue weighted by atomic mass is 35.5. The van der Waals surface area contributed by atoms with Crippen LogP contribution >= 0.6 is 23.2 Å². The molecule has 1 unspecified atom stereocenters. The van der Waals surface area contributed by atoms with Gasteiger partial charge in [-0.2, -0.15) is 0 Å². The Labute approximate surface area is 151 Å². The van der Waals surface area contributed by atoms with Crippen molar-refractivity contribution in [1.29, 1.82) is 0 Å². The smallest absolute Gasteiger partial charge is 0.239 e. The van der Waals surface area contributed by atoms with Gasteiger partial charge in [0.25, 0.3) is 0 Å². The molecule has 0 aliphatic carbocycles. The van der Waals surface area contributed by atoms with Crippen molar-refractivity contribution >= 4 is 35.0 Å². The van der Waals surface area contributed by atoms with Crippen LogP contribution in [0.1, 0.15) is 24.1 Å². The summed E-state index contributed by atoms with van der Waals surface area (Å²) in [6, 6.07) is 14.3. The van der Waals surface area contributed by atoms with Crippen molar-refractivity contribution < 1.29 is 9.59 Å². The van der Waals surface area contributed by atoms with Crippen molar-refractivity contribution in [3.63, 3.8) is 0 Å². The van der Waals surface area contributed by atoms with Crippen LogP contribution in [0.15, 0.2) is 48.5 Å². The van der Waals surface area contributed by atoms with E-state index in [-0.39, 0.29) is 30.8 Å². The molecule has 0 saturated carbocycles. The van der Waals surface area contributed by atoms with Crippen LogP contribution in [0.4, 0.5) is 0 Å². The highest BCUT2D eigenvalue weighted by Gasteiger charge is 2.12. The zero-order valence-electron chi connectivity index (χ0n) is 13.2. The molecule has 0 aliphatic rings. The average molecular weight is 365 g/mol. The predicted molar refractivity (Wildman–Crippen MR) is 96.2 cm³/mol. The van der Waals surface area contributed by atoms with Gasteiger partial charge in [0, 0.05) is 0 Å². The number of benzene rings is 2. The third kappa shape index (κ3) is 5.55. The molecule has 2 amide bonds. The van der Waals surface area contributed by atoms with E-state index < -0.39 is 0 Å². The molecular formula is C18H18Cl2N2O2. The number of carbonyl (C=O) groups is 2. The van der Waals surface area contributed by atoms with E-state index in [0.29, 0.717) is 10.0 Å². The summed E-state index contributed by atoms with van der Waals surface area (Å²) in [5.41, 5.74) is 1.74. The minimum absolute atomic E-state index is 0.0721. The number of hydrogen-bond acceptors (Lipinski definition) is 2. The normalized spacial score (nSPS) is 11.6. The Hall–Kier alpha value is -2.04. The van der Waals surface area contributed by atoms with Crippen LogP contribution in [0.2, 0.25) is 10.0 Å². The molecule has 2 N–H and O–H groups in total. The summed E-state index contributed by atoms with van der Waals surface area (Å²) >= 11 is 11.8. The van der Waals surface area contributed by atoms with Crippen molar-refractivity contribution in [3.8, 4) is 0 Å². The number of nitrogens with one attached hydrogen (secondary N) is 2. The van der Waals surface area contributed by atoms with Gasteiger partial charge in [0.05, 0.1) is 29.1 Å². The second-order valence-corrected chi connectivity index (χ2v) is 6.22. The molecule has 6 heteroatoms. The lowest BCUT2D eigenvalue weighted by Gasteiger charge is -2.15. The molecule has 0 saturated heterocycles. The predicted octanol–water partition coefficient (Wildman–Crippen LogP) is 3.53. The van der Waals surface area contributed by atoms with E-state index in [1.165, 1.54) is 0 Å². The Morgan fingerprint density at radius 3 is 2.38 bits per heavy atom. The molecule has 1 atom stereocenters. The zero-order chi connectivity index (χ0) is 17.5. The first-order valence-electron chi connectivity index (χ1n) is 7.50. The molecule has 24 heavy (non-hydrogen) atoms. The molecule has 0 fully saturated rings. The Balaban J connectivity index is 1.80. The molecule has 0 heterocycles. The fourth-order valence-electron chi connectivity index (χ4n) is 2.18. The number of rotatable bonds is 6. The topological polar surface area (TPSA) is 58.2 Å². The number of carbonyl (C=O) groups excluding carboxylic acids is 2. The van der Waals surface area contributed by atoms with Crippen LogP contribution in [0.25, 0.3) is 0 Å². The monoisotopic (exact) mass is 364 g/mol. The molecule has 0 aliphatic heterocycles.